The predicted molar refractivity (Wildman–Crippen MR) is 49.5 cm³/mol. The van der Waals surface area contributed by atoms with E-state index in [-0.39, 0.29) is 120 Å². The van der Waals surface area contributed by atoms with Crippen LogP contribution in [0.15, 0.2) is 0 Å². The number of rotatable bonds is 1. The van der Waals surface area contributed by atoms with Gasteiger partial charge in [-0.25, -0.2) is 0 Å². The van der Waals surface area contributed by atoms with Gasteiger partial charge >= 0.3 is 113 Å². The standard InChI is InChI=1S/C3H7O.3Ca.2H3O4P/c1-2-3-4;;;;2*1-5(2,3)4/h4H,1-3H2;;;;2*(H3,1,2,3,4)/q;3*+2;;/p-6. The number of phosphoric acid groups is 2. The van der Waals surface area contributed by atoms with Crippen molar-refractivity contribution in [3.8, 4) is 0 Å². The minimum absolute atomic E-state index is 0. The summed E-state index contributed by atoms with van der Waals surface area (Å²) in [5.41, 5.74) is 0. The second-order valence-electron chi connectivity index (χ2n) is 1.47. The molecule has 17 heavy (non-hydrogen) atoms. The van der Waals surface area contributed by atoms with E-state index in [0.717, 1.165) is 0 Å². The van der Waals surface area contributed by atoms with Crippen LogP contribution in [0.4, 0.5) is 0 Å². The van der Waals surface area contributed by atoms with E-state index in [0.29, 0.717) is 6.42 Å². The molecule has 0 unspecified atom stereocenters. The first-order chi connectivity index (χ1) is 5.91. The average Bonchev–Trinajstić information content (AvgIpc) is 1.79. The van der Waals surface area contributed by atoms with Gasteiger partial charge in [0.15, 0.2) is 0 Å². The van der Waals surface area contributed by atoms with Gasteiger partial charge in [-0.1, -0.05) is 6.92 Å². The molecule has 0 fully saturated rings. The van der Waals surface area contributed by atoms with E-state index in [1.807, 2.05) is 0 Å². The van der Waals surface area contributed by atoms with Crippen LogP contribution in [0.3, 0.4) is 0 Å². The molecular formula is C3H7Ca3O9P2. The molecule has 0 aliphatic carbocycles. The van der Waals surface area contributed by atoms with Crippen LogP contribution in [0, 0.1) is 6.92 Å². The van der Waals surface area contributed by atoms with Gasteiger partial charge in [0.2, 0.25) is 0 Å². The maximum absolute atomic E-state index is 8.55. The Kier molecular flexibility index (Phi) is 48.8. The van der Waals surface area contributed by atoms with E-state index < -0.39 is 15.6 Å². The minimum atomic E-state index is -5.39. The van der Waals surface area contributed by atoms with Gasteiger partial charge in [-0.2, -0.15) is 15.6 Å². The molecule has 0 spiro atoms. The van der Waals surface area contributed by atoms with Crippen LogP contribution in [-0.2, 0) is 9.13 Å². The zero-order valence-electron chi connectivity index (χ0n) is 8.85. The van der Waals surface area contributed by atoms with Crippen molar-refractivity contribution in [1.29, 1.82) is 0 Å². The van der Waals surface area contributed by atoms with E-state index >= 15 is 0 Å². The summed E-state index contributed by atoms with van der Waals surface area (Å²) in [6.07, 6.45) is 0.625. The summed E-state index contributed by atoms with van der Waals surface area (Å²) in [7, 11) is -10.8. The third kappa shape index (κ3) is 262. The molecular weight excluding hydrogens is 362 g/mol. The Labute approximate surface area is 188 Å². The van der Waals surface area contributed by atoms with Crippen molar-refractivity contribution >= 4 is 129 Å². The predicted octanol–water partition coefficient (Wildman–Crippen LogP) is -6.59. The van der Waals surface area contributed by atoms with Crippen molar-refractivity contribution in [2.75, 3.05) is 6.61 Å². The summed E-state index contributed by atoms with van der Waals surface area (Å²) in [6, 6.07) is 0. The molecule has 0 aliphatic heterocycles. The Hall–Kier alpha value is 3.96. The molecule has 0 rings (SSSR count). The van der Waals surface area contributed by atoms with E-state index in [4.69, 9.17) is 43.6 Å². The second kappa shape index (κ2) is 22.2. The van der Waals surface area contributed by atoms with Gasteiger partial charge < -0.3 is 43.6 Å². The Balaban J connectivity index is -0.0000000247. The minimum Gasteiger partial charge on any atom is -0.822 e. The first-order valence-electron chi connectivity index (χ1n) is 2.78. The number of hydrogen-bond acceptors (Lipinski definition) is 9. The second-order valence-corrected chi connectivity index (χ2v) is 3.26. The topological polar surface area (TPSA) is 193 Å². The van der Waals surface area contributed by atoms with Crippen molar-refractivity contribution in [3.05, 3.63) is 6.92 Å². The number of aliphatic hydroxyl groups is 1. The van der Waals surface area contributed by atoms with Crippen molar-refractivity contribution in [2.45, 2.75) is 6.42 Å². The number of hydrogen-bond donors (Lipinski definition) is 1. The Morgan fingerprint density at radius 3 is 0.882 bits per heavy atom. The first kappa shape index (κ1) is 37.3. The summed E-state index contributed by atoms with van der Waals surface area (Å²) in [6.45, 7) is 3.56. The first-order valence-corrected chi connectivity index (χ1v) is 5.70. The Morgan fingerprint density at radius 2 is 0.882 bits per heavy atom. The molecule has 0 bridgehead atoms. The van der Waals surface area contributed by atoms with Crippen LogP contribution < -0.4 is 29.4 Å². The van der Waals surface area contributed by atoms with E-state index in [2.05, 4.69) is 6.92 Å². The SMILES string of the molecule is O=P([O-])([O-])[O-].O=P([O-])([O-])[O-].[CH2]CCO.[Ca+2].[Ca+2].[Ca+2]. The summed E-state index contributed by atoms with van der Waals surface area (Å²) in [5.74, 6) is 0. The normalized spacial score (nSPS) is 8.71. The molecule has 0 saturated carbocycles. The molecule has 0 aromatic carbocycles. The van der Waals surface area contributed by atoms with Gasteiger partial charge in [-0.3, -0.25) is 0 Å². The van der Waals surface area contributed by atoms with Crippen LogP contribution >= 0.6 is 15.6 Å². The monoisotopic (exact) mass is 369 g/mol. The number of aliphatic hydroxyl groups excluding tert-OH is 1. The van der Waals surface area contributed by atoms with Crippen LogP contribution in [0.2, 0.25) is 0 Å². The molecule has 0 aromatic heterocycles. The Bertz CT molecular complexity index is 163. The van der Waals surface area contributed by atoms with Gasteiger partial charge in [0.1, 0.15) is 0 Å². The summed E-state index contributed by atoms with van der Waals surface area (Å²) >= 11 is 0. The fraction of sp³-hybridized carbons (Fsp3) is 0.667. The maximum atomic E-state index is 8.55. The zero-order valence-corrected chi connectivity index (χ0v) is 17.3. The molecule has 0 heterocycles. The van der Waals surface area contributed by atoms with E-state index in [1.54, 1.807) is 0 Å². The van der Waals surface area contributed by atoms with Gasteiger partial charge in [-0.05, 0) is 6.42 Å². The maximum Gasteiger partial charge on any atom is 2.00 e. The summed E-state index contributed by atoms with van der Waals surface area (Å²) < 4.78 is 17.1. The molecule has 9 nitrogen and oxygen atoms in total. The van der Waals surface area contributed by atoms with Crippen molar-refractivity contribution in [1.82, 2.24) is 0 Å². The Morgan fingerprint density at radius 1 is 0.824 bits per heavy atom. The van der Waals surface area contributed by atoms with Gasteiger partial charge in [-0.15, -0.1) is 0 Å². The summed E-state index contributed by atoms with van der Waals surface area (Å²) in [5, 5.41) is 7.81. The fourth-order valence-corrected chi connectivity index (χ4v) is 0. The van der Waals surface area contributed by atoms with Crippen molar-refractivity contribution in [3.63, 3.8) is 0 Å². The molecule has 14 heteroatoms. The van der Waals surface area contributed by atoms with Gasteiger partial charge in [0.25, 0.3) is 0 Å². The zero-order chi connectivity index (χ0) is 12.4. The summed E-state index contributed by atoms with van der Waals surface area (Å²) in [4.78, 5) is 51.3. The van der Waals surface area contributed by atoms with Crippen molar-refractivity contribution < 1.29 is 43.6 Å². The van der Waals surface area contributed by atoms with Crippen LogP contribution in [0.5, 0.6) is 0 Å². The van der Waals surface area contributed by atoms with Gasteiger partial charge in [0.05, 0.1) is 0 Å². The molecule has 0 atom stereocenters. The largest absolute Gasteiger partial charge is 2.00 e. The molecule has 0 aromatic rings. The molecule has 0 saturated heterocycles. The van der Waals surface area contributed by atoms with Crippen LogP contribution in [0.25, 0.3) is 0 Å². The molecule has 0 amide bonds. The van der Waals surface area contributed by atoms with Crippen LogP contribution in [0.1, 0.15) is 6.42 Å². The van der Waals surface area contributed by atoms with Crippen molar-refractivity contribution in [2.24, 2.45) is 0 Å². The fourth-order valence-electron chi connectivity index (χ4n) is 0. The van der Waals surface area contributed by atoms with Gasteiger partial charge in [0, 0.05) is 6.61 Å². The third-order valence-electron chi connectivity index (χ3n) is 0.158. The van der Waals surface area contributed by atoms with Crippen LogP contribution in [-0.4, -0.2) is 125 Å². The molecule has 1 radical (unpaired) electrons. The molecule has 0 aliphatic rings. The molecule has 1 N–H and O–H groups in total. The van der Waals surface area contributed by atoms with E-state index in [9.17, 15) is 0 Å². The smallest absolute Gasteiger partial charge is 0.822 e. The third-order valence-corrected chi connectivity index (χ3v) is 0.158. The average molecular weight is 369 g/mol. The molecule has 89 valence electrons. The quantitative estimate of drug-likeness (QED) is 0.345. The van der Waals surface area contributed by atoms with E-state index in [1.165, 1.54) is 0 Å².